The van der Waals surface area contributed by atoms with Crippen LogP contribution in [0.25, 0.3) is 0 Å². The van der Waals surface area contributed by atoms with Gasteiger partial charge < -0.3 is 19.3 Å². The number of hydrogen-bond acceptors (Lipinski definition) is 3. The summed E-state index contributed by atoms with van der Waals surface area (Å²) in [4.78, 5) is 16.1. The van der Waals surface area contributed by atoms with Crippen molar-refractivity contribution < 1.29 is 14.3 Å². The lowest BCUT2D eigenvalue weighted by molar-refractivity contribution is -0.0182. The van der Waals surface area contributed by atoms with Crippen molar-refractivity contribution in [2.24, 2.45) is 5.92 Å². The fraction of sp³-hybridized carbons (Fsp3) is 0.917. The van der Waals surface area contributed by atoms with E-state index in [1.165, 1.54) is 0 Å². The van der Waals surface area contributed by atoms with Crippen LogP contribution in [-0.2, 0) is 9.47 Å². The standard InChI is InChI=1S/C12H22N2O3/c1-9-4-10(8-16-2)14(5-9)12(15)13-6-11(7-13)17-3/h9-11H,4-8H2,1-3H3. The van der Waals surface area contributed by atoms with Crippen LogP contribution in [0.3, 0.4) is 0 Å². The Morgan fingerprint density at radius 3 is 2.59 bits per heavy atom. The van der Waals surface area contributed by atoms with E-state index in [0.717, 1.165) is 26.1 Å². The highest BCUT2D eigenvalue weighted by atomic mass is 16.5. The molecule has 5 nitrogen and oxygen atoms in total. The van der Waals surface area contributed by atoms with Gasteiger partial charge in [-0.05, 0) is 12.3 Å². The monoisotopic (exact) mass is 242 g/mol. The van der Waals surface area contributed by atoms with E-state index in [1.54, 1.807) is 14.2 Å². The maximum atomic E-state index is 12.3. The molecule has 0 radical (unpaired) electrons. The highest BCUT2D eigenvalue weighted by Gasteiger charge is 2.39. The van der Waals surface area contributed by atoms with Crippen molar-refractivity contribution in [1.82, 2.24) is 9.80 Å². The van der Waals surface area contributed by atoms with Gasteiger partial charge in [-0.2, -0.15) is 0 Å². The number of hydrogen-bond donors (Lipinski definition) is 0. The Morgan fingerprint density at radius 1 is 1.29 bits per heavy atom. The number of carbonyl (C=O) groups excluding carboxylic acids is 1. The van der Waals surface area contributed by atoms with Crippen molar-refractivity contribution >= 4 is 6.03 Å². The Bertz CT molecular complexity index is 279. The van der Waals surface area contributed by atoms with Gasteiger partial charge >= 0.3 is 6.03 Å². The summed E-state index contributed by atoms with van der Waals surface area (Å²) in [6, 6.07) is 0.383. The summed E-state index contributed by atoms with van der Waals surface area (Å²) in [5, 5.41) is 0. The van der Waals surface area contributed by atoms with Crippen molar-refractivity contribution in [3.05, 3.63) is 0 Å². The first-order valence-electron chi connectivity index (χ1n) is 6.23. The fourth-order valence-electron chi connectivity index (χ4n) is 2.66. The van der Waals surface area contributed by atoms with Crippen molar-refractivity contribution in [1.29, 1.82) is 0 Å². The first-order valence-corrected chi connectivity index (χ1v) is 6.23. The lowest BCUT2D eigenvalue weighted by Gasteiger charge is -2.41. The second kappa shape index (κ2) is 5.23. The molecule has 17 heavy (non-hydrogen) atoms. The van der Waals surface area contributed by atoms with Gasteiger partial charge in [0.1, 0.15) is 0 Å². The number of nitrogens with zero attached hydrogens (tertiary/aromatic N) is 2. The Morgan fingerprint density at radius 2 is 2.00 bits per heavy atom. The molecule has 2 rings (SSSR count). The van der Waals surface area contributed by atoms with Gasteiger partial charge in [0.25, 0.3) is 0 Å². The molecular formula is C12H22N2O3. The predicted molar refractivity (Wildman–Crippen MR) is 63.9 cm³/mol. The minimum atomic E-state index is 0.143. The van der Waals surface area contributed by atoms with Crippen LogP contribution in [0, 0.1) is 5.92 Å². The van der Waals surface area contributed by atoms with Crippen molar-refractivity contribution in [3.8, 4) is 0 Å². The number of ether oxygens (including phenoxy) is 2. The second-order valence-corrected chi connectivity index (χ2v) is 5.15. The first-order chi connectivity index (χ1) is 8.15. The third kappa shape index (κ3) is 2.55. The van der Waals surface area contributed by atoms with Gasteiger partial charge in [-0.1, -0.05) is 6.92 Å². The van der Waals surface area contributed by atoms with Crippen LogP contribution in [-0.4, -0.2) is 68.4 Å². The second-order valence-electron chi connectivity index (χ2n) is 5.15. The van der Waals surface area contributed by atoms with Crippen LogP contribution >= 0.6 is 0 Å². The van der Waals surface area contributed by atoms with Gasteiger partial charge in [-0.3, -0.25) is 0 Å². The molecule has 0 bridgehead atoms. The molecule has 2 saturated heterocycles. The van der Waals surface area contributed by atoms with E-state index < -0.39 is 0 Å². The molecule has 0 aliphatic carbocycles. The number of methoxy groups -OCH3 is 2. The predicted octanol–water partition coefficient (Wildman–Crippen LogP) is 0.794. The molecule has 2 fully saturated rings. The van der Waals surface area contributed by atoms with Crippen molar-refractivity contribution in [2.45, 2.75) is 25.5 Å². The van der Waals surface area contributed by atoms with Crippen LogP contribution in [0.15, 0.2) is 0 Å². The highest BCUT2D eigenvalue weighted by molar-refractivity contribution is 5.76. The lowest BCUT2D eigenvalue weighted by Crippen LogP contribution is -2.59. The molecule has 0 aromatic rings. The molecule has 0 spiro atoms. The Kier molecular flexibility index (Phi) is 3.89. The maximum Gasteiger partial charge on any atom is 0.320 e. The van der Waals surface area contributed by atoms with Gasteiger partial charge in [-0.15, -0.1) is 0 Å². The summed E-state index contributed by atoms with van der Waals surface area (Å²) in [6.07, 6.45) is 1.26. The van der Waals surface area contributed by atoms with Gasteiger partial charge in [0.2, 0.25) is 0 Å². The molecule has 5 heteroatoms. The lowest BCUT2D eigenvalue weighted by atomic mass is 10.1. The zero-order chi connectivity index (χ0) is 12.4. The Hall–Kier alpha value is -0.810. The molecule has 98 valence electrons. The Balaban J connectivity index is 1.89. The normalized spacial score (nSPS) is 29.6. The third-order valence-corrected chi connectivity index (χ3v) is 3.68. The van der Waals surface area contributed by atoms with Gasteiger partial charge in [0.15, 0.2) is 0 Å². The largest absolute Gasteiger partial charge is 0.383 e. The molecule has 0 N–H and O–H groups in total. The van der Waals surface area contributed by atoms with E-state index in [0.29, 0.717) is 12.5 Å². The summed E-state index contributed by atoms with van der Waals surface area (Å²) < 4.78 is 10.4. The number of urea groups is 1. The molecular weight excluding hydrogens is 220 g/mol. The van der Waals surface area contributed by atoms with Crippen LogP contribution in [0.1, 0.15) is 13.3 Å². The van der Waals surface area contributed by atoms with E-state index in [4.69, 9.17) is 9.47 Å². The summed E-state index contributed by atoms with van der Waals surface area (Å²) in [5.41, 5.74) is 0. The molecule has 2 heterocycles. The van der Waals surface area contributed by atoms with E-state index >= 15 is 0 Å². The summed E-state index contributed by atoms with van der Waals surface area (Å²) in [7, 11) is 3.38. The van der Waals surface area contributed by atoms with Crippen LogP contribution in [0.4, 0.5) is 4.79 Å². The fourth-order valence-corrected chi connectivity index (χ4v) is 2.66. The average molecular weight is 242 g/mol. The molecule has 0 saturated carbocycles. The molecule has 2 unspecified atom stereocenters. The molecule has 2 aliphatic rings. The topological polar surface area (TPSA) is 42.0 Å². The number of rotatable bonds is 3. The molecule has 0 aromatic carbocycles. The third-order valence-electron chi connectivity index (χ3n) is 3.68. The van der Waals surface area contributed by atoms with Gasteiger partial charge in [-0.25, -0.2) is 4.79 Å². The molecule has 2 atom stereocenters. The van der Waals surface area contributed by atoms with Gasteiger partial charge in [0.05, 0.1) is 31.8 Å². The van der Waals surface area contributed by atoms with Crippen LogP contribution in [0.2, 0.25) is 0 Å². The number of carbonyl (C=O) groups is 1. The first kappa shape index (κ1) is 12.6. The molecule has 2 aliphatic heterocycles. The smallest absolute Gasteiger partial charge is 0.320 e. The minimum Gasteiger partial charge on any atom is -0.383 e. The average Bonchev–Trinajstić information content (AvgIpc) is 2.58. The van der Waals surface area contributed by atoms with E-state index in [1.807, 2.05) is 9.80 Å². The van der Waals surface area contributed by atoms with E-state index in [9.17, 15) is 4.79 Å². The number of amides is 2. The van der Waals surface area contributed by atoms with Crippen molar-refractivity contribution in [3.63, 3.8) is 0 Å². The SMILES string of the molecule is COCC1CC(C)CN1C(=O)N1CC(OC)C1. The van der Waals surface area contributed by atoms with E-state index in [-0.39, 0.29) is 18.2 Å². The summed E-state index contributed by atoms with van der Waals surface area (Å²) >= 11 is 0. The molecule has 2 amide bonds. The van der Waals surface area contributed by atoms with Crippen molar-refractivity contribution in [2.75, 3.05) is 40.5 Å². The molecule has 0 aromatic heterocycles. The minimum absolute atomic E-state index is 0.143. The summed E-state index contributed by atoms with van der Waals surface area (Å²) in [5.74, 6) is 0.568. The number of likely N-dealkylation sites (tertiary alicyclic amines) is 2. The zero-order valence-electron chi connectivity index (χ0n) is 10.9. The van der Waals surface area contributed by atoms with Gasteiger partial charge in [0, 0.05) is 20.8 Å². The van der Waals surface area contributed by atoms with Crippen LogP contribution in [0.5, 0.6) is 0 Å². The van der Waals surface area contributed by atoms with Crippen LogP contribution < -0.4 is 0 Å². The van der Waals surface area contributed by atoms with E-state index in [2.05, 4.69) is 6.92 Å². The zero-order valence-corrected chi connectivity index (χ0v) is 10.9. The Labute approximate surface area is 103 Å². The summed E-state index contributed by atoms with van der Waals surface area (Å²) in [6.45, 7) is 5.11. The maximum absolute atomic E-state index is 12.3. The quantitative estimate of drug-likeness (QED) is 0.735. The highest BCUT2D eigenvalue weighted by Crippen LogP contribution is 2.26.